The summed E-state index contributed by atoms with van der Waals surface area (Å²) >= 11 is 0. The predicted molar refractivity (Wildman–Crippen MR) is 116 cm³/mol. The van der Waals surface area contributed by atoms with Crippen LogP contribution in [0.1, 0.15) is 19.3 Å². The van der Waals surface area contributed by atoms with Crippen LogP contribution < -0.4 is 15.6 Å². The smallest absolute Gasteiger partial charge is 0.380 e. The summed E-state index contributed by atoms with van der Waals surface area (Å²) in [6.07, 6.45) is 1.38. The number of rotatable bonds is 5. The van der Waals surface area contributed by atoms with Crippen LogP contribution in [0.3, 0.4) is 0 Å². The van der Waals surface area contributed by atoms with E-state index in [1.54, 1.807) is 0 Å². The maximum absolute atomic E-state index is 12.3. The molecule has 0 saturated heterocycles. The quantitative estimate of drug-likeness (QED) is 0.286. The fourth-order valence-electron chi connectivity index (χ4n) is 3.69. The van der Waals surface area contributed by atoms with Crippen LogP contribution in [0.4, 0.5) is 0 Å². The first-order valence-corrected chi connectivity index (χ1v) is 11.6. The van der Waals surface area contributed by atoms with E-state index in [0.717, 1.165) is 15.6 Å². The van der Waals surface area contributed by atoms with Gasteiger partial charge in [0.1, 0.15) is 5.71 Å². The molecule has 0 amide bonds. The summed E-state index contributed by atoms with van der Waals surface area (Å²) in [7, 11) is -3.01. The summed E-state index contributed by atoms with van der Waals surface area (Å²) in [4.78, 5) is 24.2. The van der Waals surface area contributed by atoms with Crippen LogP contribution in [-0.2, 0) is 14.1 Å². The lowest BCUT2D eigenvalue weighted by atomic mass is 9.96. The van der Waals surface area contributed by atoms with Crippen LogP contribution in [0.15, 0.2) is 96.2 Å². The molecule has 144 valence electrons. The molecule has 5 heteroatoms. The third-order valence-corrected chi connectivity index (χ3v) is 8.97. The summed E-state index contributed by atoms with van der Waals surface area (Å²) in [5.41, 5.74) is 0.223. The SMILES string of the molecule is O=C1CCCC(=NO[Si](c2ccccc2)(c2ccccc2)c2ccccc2)C1=O. The number of carbonyl (C=O) groups excluding carboxylic acids is 2. The molecule has 4 nitrogen and oxygen atoms in total. The molecule has 0 radical (unpaired) electrons. The Kier molecular flexibility index (Phi) is 5.49. The van der Waals surface area contributed by atoms with E-state index in [4.69, 9.17) is 4.53 Å². The van der Waals surface area contributed by atoms with Crippen molar-refractivity contribution in [3.8, 4) is 0 Å². The zero-order valence-corrected chi connectivity index (χ0v) is 17.0. The summed E-state index contributed by atoms with van der Waals surface area (Å²) < 4.78 is 6.40. The second-order valence-electron chi connectivity index (χ2n) is 7.01. The largest absolute Gasteiger partial charge is 0.438 e. The molecule has 3 aromatic carbocycles. The van der Waals surface area contributed by atoms with Crippen molar-refractivity contribution in [3.05, 3.63) is 91.0 Å². The molecule has 1 saturated carbocycles. The van der Waals surface area contributed by atoms with Gasteiger partial charge in [-0.1, -0.05) is 91.0 Å². The van der Waals surface area contributed by atoms with Crippen molar-refractivity contribution in [2.75, 3.05) is 0 Å². The highest BCUT2D eigenvalue weighted by atomic mass is 28.4. The number of ketones is 2. The number of benzene rings is 3. The number of hydrogen-bond donors (Lipinski definition) is 0. The Bertz CT molecular complexity index is 937. The molecule has 0 spiro atoms. The van der Waals surface area contributed by atoms with Crippen molar-refractivity contribution in [1.29, 1.82) is 0 Å². The fraction of sp³-hybridized carbons (Fsp3) is 0.125. The van der Waals surface area contributed by atoms with E-state index < -0.39 is 14.1 Å². The highest BCUT2D eigenvalue weighted by Gasteiger charge is 2.45. The Hall–Kier alpha value is -3.31. The fourth-order valence-corrected chi connectivity index (χ4v) is 7.24. The first-order chi connectivity index (χ1) is 14.2. The molecule has 4 rings (SSSR count). The number of carbonyl (C=O) groups is 2. The molecule has 1 aliphatic rings. The number of oxime groups is 1. The number of hydrogen-bond acceptors (Lipinski definition) is 4. The van der Waals surface area contributed by atoms with Crippen molar-refractivity contribution in [3.63, 3.8) is 0 Å². The van der Waals surface area contributed by atoms with Crippen LogP contribution in [-0.4, -0.2) is 25.6 Å². The zero-order chi connectivity index (χ0) is 20.1. The normalized spacial score (nSPS) is 16.1. The van der Waals surface area contributed by atoms with E-state index in [1.807, 2.05) is 91.0 Å². The van der Waals surface area contributed by atoms with Crippen LogP contribution in [0, 0.1) is 0 Å². The van der Waals surface area contributed by atoms with Gasteiger partial charge in [0.2, 0.25) is 11.6 Å². The second kappa shape index (κ2) is 8.37. The third-order valence-electron chi connectivity index (χ3n) is 5.17. The number of Topliss-reactive ketones (excluding diaryl/α,β-unsaturated/α-hetero) is 2. The molecule has 0 atom stereocenters. The Morgan fingerprint density at radius 3 is 1.55 bits per heavy atom. The van der Waals surface area contributed by atoms with Gasteiger partial charge in [0, 0.05) is 6.42 Å². The second-order valence-corrected chi connectivity index (χ2v) is 10.3. The minimum atomic E-state index is -3.01. The first kappa shape index (κ1) is 19.0. The molecule has 29 heavy (non-hydrogen) atoms. The van der Waals surface area contributed by atoms with E-state index in [9.17, 15) is 9.59 Å². The highest BCUT2D eigenvalue weighted by Crippen LogP contribution is 2.14. The lowest BCUT2D eigenvalue weighted by Gasteiger charge is -2.30. The van der Waals surface area contributed by atoms with Gasteiger partial charge in [-0.05, 0) is 28.4 Å². The zero-order valence-electron chi connectivity index (χ0n) is 16.0. The van der Waals surface area contributed by atoms with Crippen molar-refractivity contribution in [1.82, 2.24) is 0 Å². The molecule has 0 N–H and O–H groups in total. The van der Waals surface area contributed by atoms with Crippen molar-refractivity contribution < 1.29 is 14.1 Å². The Morgan fingerprint density at radius 2 is 1.10 bits per heavy atom. The lowest BCUT2D eigenvalue weighted by Crippen LogP contribution is -2.68. The molecular formula is C24H21NO3Si. The molecule has 0 bridgehead atoms. The van der Waals surface area contributed by atoms with Gasteiger partial charge in [-0.3, -0.25) is 9.59 Å². The molecular weight excluding hydrogens is 378 g/mol. The van der Waals surface area contributed by atoms with Crippen LogP contribution in [0.2, 0.25) is 0 Å². The van der Waals surface area contributed by atoms with Gasteiger partial charge in [-0.25, -0.2) is 0 Å². The minimum Gasteiger partial charge on any atom is -0.438 e. The van der Waals surface area contributed by atoms with Gasteiger partial charge in [0.25, 0.3) is 0 Å². The third kappa shape index (κ3) is 3.69. The standard InChI is InChI=1S/C24H21NO3Si/c26-23-18-10-17-22(24(23)27)25-28-29(19-11-4-1-5-12-19,20-13-6-2-7-14-20)21-15-8-3-9-16-21/h1-9,11-16H,10,17-18H2. The lowest BCUT2D eigenvalue weighted by molar-refractivity contribution is -0.133. The van der Waals surface area contributed by atoms with Gasteiger partial charge in [0.05, 0.1) is 0 Å². The molecule has 0 aliphatic heterocycles. The minimum absolute atomic E-state index is 0.223. The van der Waals surface area contributed by atoms with E-state index in [-0.39, 0.29) is 17.9 Å². The van der Waals surface area contributed by atoms with Gasteiger partial charge < -0.3 is 4.53 Å². The summed E-state index contributed by atoms with van der Waals surface area (Å²) in [5, 5.41) is 7.40. The van der Waals surface area contributed by atoms with Crippen LogP contribution in [0.5, 0.6) is 0 Å². The predicted octanol–water partition coefficient (Wildman–Crippen LogP) is 2.35. The molecule has 0 aromatic heterocycles. The average Bonchev–Trinajstić information content (AvgIpc) is 2.79. The Morgan fingerprint density at radius 1 is 0.655 bits per heavy atom. The summed E-state index contributed by atoms with van der Waals surface area (Å²) in [5.74, 6) is -0.904. The average molecular weight is 400 g/mol. The maximum atomic E-state index is 12.3. The van der Waals surface area contributed by atoms with E-state index in [2.05, 4.69) is 5.16 Å². The molecule has 0 unspecified atom stereocenters. The van der Waals surface area contributed by atoms with Gasteiger partial charge in [0.15, 0.2) is 0 Å². The van der Waals surface area contributed by atoms with E-state index in [0.29, 0.717) is 12.8 Å². The molecule has 0 heterocycles. The van der Waals surface area contributed by atoms with Crippen LogP contribution >= 0.6 is 0 Å². The van der Waals surface area contributed by atoms with Crippen LogP contribution in [0.25, 0.3) is 0 Å². The molecule has 3 aromatic rings. The molecule has 1 aliphatic carbocycles. The summed E-state index contributed by atoms with van der Waals surface area (Å²) in [6.45, 7) is 0. The Balaban J connectivity index is 1.91. The maximum Gasteiger partial charge on any atom is 0.380 e. The van der Waals surface area contributed by atoms with Gasteiger partial charge >= 0.3 is 8.32 Å². The molecule has 1 fully saturated rings. The first-order valence-electron chi connectivity index (χ1n) is 9.71. The Labute approximate surface area is 171 Å². The van der Waals surface area contributed by atoms with Gasteiger partial charge in [-0.15, -0.1) is 5.16 Å². The topological polar surface area (TPSA) is 55.7 Å². The van der Waals surface area contributed by atoms with E-state index in [1.165, 1.54) is 0 Å². The monoisotopic (exact) mass is 399 g/mol. The summed E-state index contributed by atoms with van der Waals surface area (Å²) in [6, 6.07) is 30.0. The number of nitrogens with zero attached hydrogens (tertiary/aromatic N) is 1. The highest BCUT2D eigenvalue weighted by molar-refractivity contribution is 7.07. The van der Waals surface area contributed by atoms with Crippen molar-refractivity contribution in [2.24, 2.45) is 5.16 Å². The van der Waals surface area contributed by atoms with Gasteiger partial charge in [-0.2, -0.15) is 0 Å². The van der Waals surface area contributed by atoms with Crippen molar-refractivity contribution in [2.45, 2.75) is 19.3 Å². The van der Waals surface area contributed by atoms with E-state index >= 15 is 0 Å². The van der Waals surface area contributed by atoms with Crippen molar-refractivity contribution >= 4 is 41.2 Å².